The fraction of sp³-hybridized carbons (Fsp3) is 0.550. The highest BCUT2D eigenvalue weighted by Gasteiger charge is 2.21. The third-order valence-corrected chi connectivity index (χ3v) is 5.01. The third kappa shape index (κ3) is 4.88. The van der Waals surface area contributed by atoms with Gasteiger partial charge in [0.05, 0.1) is 12.7 Å². The lowest BCUT2D eigenvalue weighted by Crippen LogP contribution is -2.37. The molecule has 0 radical (unpaired) electrons. The first kappa shape index (κ1) is 20.3. The Hall–Kier alpha value is -2.45. The molecule has 28 heavy (non-hydrogen) atoms. The molecule has 1 atom stereocenters. The molecule has 8 heteroatoms. The molecule has 4 N–H and O–H groups in total. The van der Waals surface area contributed by atoms with E-state index in [1.54, 1.807) is 13.1 Å². The summed E-state index contributed by atoms with van der Waals surface area (Å²) < 4.78 is 5.93. The van der Waals surface area contributed by atoms with Crippen molar-refractivity contribution in [3.05, 3.63) is 23.9 Å². The number of rotatable bonds is 7. The zero-order valence-electron chi connectivity index (χ0n) is 16.3. The minimum Gasteiger partial charge on any atom is -0.478 e. The Labute approximate surface area is 164 Å². The number of carbonyl (C=O) groups is 1. The van der Waals surface area contributed by atoms with Gasteiger partial charge >= 0.3 is 0 Å². The SMILES string of the molecule is Cc1ccc2cnc(NC3CCC(O)CC3)nc2c1OC(C)C(=O)NCCO. The predicted octanol–water partition coefficient (Wildman–Crippen LogP) is 1.53. The number of aromatic nitrogens is 2. The number of aliphatic hydroxyl groups excluding tert-OH is 2. The highest BCUT2D eigenvalue weighted by atomic mass is 16.5. The van der Waals surface area contributed by atoms with Gasteiger partial charge < -0.3 is 25.6 Å². The summed E-state index contributed by atoms with van der Waals surface area (Å²) in [6.07, 6.45) is 4.12. The maximum Gasteiger partial charge on any atom is 0.260 e. The van der Waals surface area contributed by atoms with Crippen LogP contribution >= 0.6 is 0 Å². The van der Waals surface area contributed by atoms with Crippen molar-refractivity contribution in [3.8, 4) is 5.75 Å². The molecule has 0 saturated heterocycles. The summed E-state index contributed by atoms with van der Waals surface area (Å²) in [6.45, 7) is 3.64. The van der Waals surface area contributed by atoms with E-state index in [9.17, 15) is 9.90 Å². The first-order chi connectivity index (χ1) is 13.5. The Morgan fingerprint density at radius 3 is 2.79 bits per heavy atom. The molecular weight excluding hydrogens is 360 g/mol. The van der Waals surface area contributed by atoms with E-state index >= 15 is 0 Å². The molecule has 1 unspecified atom stereocenters. The van der Waals surface area contributed by atoms with E-state index in [0.717, 1.165) is 36.6 Å². The van der Waals surface area contributed by atoms with Crippen LogP contribution in [0.25, 0.3) is 10.9 Å². The van der Waals surface area contributed by atoms with Gasteiger partial charge in [-0.1, -0.05) is 12.1 Å². The Kier molecular flexibility index (Phi) is 6.64. The number of nitrogens with zero attached hydrogens (tertiary/aromatic N) is 2. The highest BCUT2D eigenvalue weighted by Crippen LogP contribution is 2.30. The molecule has 1 aliphatic carbocycles. The van der Waals surface area contributed by atoms with E-state index in [0.29, 0.717) is 17.2 Å². The van der Waals surface area contributed by atoms with Crippen molar-refractivity contribution < 1.29 is 19.7 Å². The summed E-state index contributed by atoms with van der Waals surface area (Å²) >= 11 is 0. The van der Waals surface area contributed by atoms with Gasteiger partial charge in [0, 0.05) is 24.2 Å². The molecule has 1 aromatic carbocycles. The molecule has 152 valence electrons. The molecule has 1 heterocycles. The van der Waals surface area contributed by atoms with Gasteiger partial charge in [-0.15, -0.1) is 0 Å². The van der Waals surface area contributed by atoms with Crippen molar-refractivity contribution >= 4 is 22.8 Å². The monoisotopic (exact) mass is 388 g/mol. The summed E-state index contributed by atoms with van der Waals surface area (Å²) in [5, 5.41) is 25.3. The number of ether oxygens (including phenoxy) is 1. The average molecular weight is 388 g/mol. The Morgan fingerprint density at radius 1 is 1.32 bits per heavy atom. The highest BCUT2D eigenvalue weighted by molar-refractivity contribution is 5.87. The van der Waals surface area contributed by atoms with Crippen molar-refractivity contribution in [3.63, 3.8) is 0 Å². The van der Waals surface area contributed by atoms with Crippen molar-refractivity contribution in [2.45, 2.75) is 57.8 Å². The van der Waals surface area contributed by atoms with Crippen molar-refractivity contribution in [1.29, 1.82) is 0 Å². The first-order valence-corrected chi connectivity index (χ1v) is 9.74. The average Bonchev–Trinajstić information content (AvgIpc) is 2.70. The van der Waals surface area contributed by atoms with Gasteiger partial charge in [-0.3, -0.25) is 4.79 Å². The first-order valence-electron chi connectivity index (χ1n) is 9.74. The van der Waals surface area contributed by atoms with Crippen LogP contribution in [0, 0.1) is 6.92 Å². The van der Waals surface area contributed by atoms with Crippen LogP contribution in [0.4, 0.5) is 5.95 Å². The molecule has 0 bridgehead atoms. The van der Waals surface area contributed by atoms with Gasteiger partial charge in [0.2, 0.25) is 5.95 Å². The quantitative estimate of drug-likeness (QED) is 0.568. The number of aliphatic hydroxyl groups is 2. The summed E-state index contributed by atoms with van der Waals surface area (Å²) in [5.41, 5.74) is 1.52. The van der Waals surface area contributed by atoms with Crippen molar-refractivity contribution in [1.82, 2.24) is 15.3 Å². The second-order valence-electron chi connectivity index (χ2n) is 7.27. The van der Waals surface area contributed by atoms with E-state index in [1.807, 2.05) is 19.1 Å². The van der Waals surface area contributed by atoms with Gasteiger partial charge in [-0.2, -0.15) is 0 Å². The number of benzene rings is 1. The molecule has 1 saturated carbocycles. The van der Waals surface area contributed by atoms with E-state index in [2.05, 4.69) is 20.6 Å². The van der Waals surface area contributed by atoms with Crippen LogP contribution in [0.1, 0.15) is 38.2 Å². The van der Waals surface area contributed by atoms with Crippen LogP contribution in [0.3, 0.4) is 0 Å². The minimum absolute atomic E-state index is 0.119. The molecule has 2 aromatic rings. The normalized spacial score (nSPS) is 20.6. The lowest BCUT2D eigenvalue weighted by molar-refractivity contribution is -0.127. The third-order valence-electron chi connectivity index (χ3n) is 5.01. The topological polar surface area (TPSA) is 117 Å². The van der Waals surface area contributed by atoms with Crippen LogP contribution in [0.15, 0.2) is 18.3 Å². The smallest absolute Gasteiger partial charge is 0.260 e. The Morgan fingerprint density at radius 2 is 2.07 bits per heavy atom. The number of hydrogen-bond acceptors (Lipinski definition) is 7. The lowest BCUT2D eigenvalue weighted by Gasteiger charge is -2.26. The maximum atomic E-state index is 12.1. The number of carbonyl (C=O) groups excluding carboxylic acids is 1. The fourth-order valence-corrected chi connectivity index (χ4v) is 3.35. The molecule has 1 aromatic heterocycles. The van der Waals surface area contributed by atoms with Crippen molar-refractivity contribution in [2.75, 3.05) is 18.5 Å². The molecule has 3 rings (SSSR count). The van der Waals surface area contributed by atoms with Gasteiger partial charge in [-0.05, 0) is 45.1 Å². The largest absolute Gasteiger partial charge is 0.478 e. The molecule has 1 amide bonds. The van der Waals surface area contributed by atoms with Crippen LogP contribution in [-0.2, 0) is 4.79 Å². The lowest BCUT2D eigenvalue weighted by atomic mass is 9.93. The van der Waals surface area contributed by atoms with Gasteiger partial charge in [-0.25, -0.2) is 9.97 Å². The number of amides is 1. The Bertz CT molecular complexity index is 821. The predicted molar refractivity (Wildman–Crippen MR) is 106 cm³/mol. The standard InChI is InChI=1S/C20H28N4O4/c1-12-3-4-14-11-22-20(23-15-5-7-16(26)8-6-15)24-17(14)18(12)28-13(2)19(27)21-9-10-25/h3-4,11,13,15-16,25-26H,5-10H2,1-2H3,(H,21,27)(H,22,23,24). The number of anilines is 1. The maximum absolute atomic E-state index is 12.1. The molecule has 0 spiro atoms. The summed E-state index contributed by atoms with van der Waals surface area (Å²) in [7, 11) is 0. The number of fused-ring (bicyclic) bond motifs is 1. The molecule has 0 aliphatic heterocycles. The van der Waals surface area contributed by atoms with Crippen LogP contribution in [0.2, 0.25) is 0 Å². The summed E-state index contributed by atoms with van der Waals surface area (Å²) in [4.78, 5) is 21.1. The number of aryl methyl sites for hydroxylation is 1. The zero-order chi connectivity index (χ0) is 20.1. The van der Waals surface area contributed by atoms with Crippen LogP contribution in [-0.4, -0.2) is 57.5 Å². The molecule has 8 nitrogen and oxygen atoms in total. The second-order valence-corrected chi connectivity index (χ2v) is 7.27. The molecule has 1 aliphatic rings. The van der Waals surface area contributed by atoms with Crippen molar-refractivity contribution in [2.24, 2.45) is 0 Å². The van der Waals surface area contributed by atoms with E-state index in [-0.39, 0.29) is 31.2 Å². The second kappa shape index (κ2) is 9.16. The summed E-state index contributed by atoms with van der Waals surface area (Å²) in [6, 6.07) is 4.07. The van der Waals surface area contributed by atoms with E-state index in [1.165, 1.54) is 0 Å². The molecule has 1 fully saturated rings. The minimum atomic E-state index is -0.720. The zero-order valence-corrected chi connectivity index (χ0v) is 16.3. The van der Waals surface area contributed by atoms with Crippen LogP contribution < -0.4 is 15.4 Å². The van der Waals surface area contributed by atoms with Gasteiger partial charge in [0.25, 0.3) is 5.91 Å². The summed E-state index contributed by atoms with van der Waals surface area (Å²) in [5.74, 6) is 0.772. The van der Waals surface area contributed by atoms with E-state index < -0.39 is 6.10 Å². The van der Waals surface area contributed by atoms with Crippen LogP contribution in [0.5, 0.6) is 5.75 Å². The fourth-order valence-electron chi connectivity index (χ4n) is 3.35. The Balaban J connectivity index is 1.81. The molecular formula is C20H28N4O4. The number of hydrogen-bond donors (Lipinski definition) is 4. The van der Waals surface area contributed by atoms with Gasteiger partial charge in [0.1, 0.15) is 11.3 Å². The number of nitrogens with one attached hydrogen (secondary N) is 2. The van der Waals surface area contributed by atoms with E-state index in [4.69, 9.17) is 9.84 Å². The van der Waals surface area contributed by atoms with Gasteiger partial charge in [0.15, 0.2) is 6.10 Å².